The molecule has 0 saturated heterocycles. The van der Waals surface area contributed by atoms with Gasteiger partial charge in [0.2, 0.25) is 0 Å². The topological polar surface area (TPSA) is 84.0 Å². The van der Waals surface area contributed by atoms with E-state index in [4.69, 9.17) is 0 Å². The van der Waals surface area contributed by atoms with Gasteiger partial charge >= 0.3 is 0 Å². The maximum absolute atomic E-state index is 12.5. The van der Waals surface area contributed by atoms with Crippen molar-refractivity contribution in [3.8, 4) is 0 Å². The summed E-state index contributed by atoms with van der Waals surface area (Å²) in [4.78, 5) is 8.26. The Morgan fingerprint density at radius 1 is 1.10 bits per heavy atom. The molecule has 0 aliphatic heterocycles. The summed E-state index contributed by atoms with van der Waals surface area (Å²) in [5.41, 5.74) is 0.757. The summed E-state index contributed by atoms with van der Waals surface area (Å²) in [5.74, 6) is 0.670. The Bertz CT molecular complexity index is 716. The number of aromatic nitrogens is 2. The molecule has 2 heterocycles. The maximum Gasteiger partial charge on any atom is 0.266 e. The van der Waals surface area contributed by atoms with E-state index in [1.807, 2.05) is 6.92 Å². The average molecular weight is 306 g/mol. The zero-order valence-corrected chi connectivity index (χ0v) is 12.8. The van der Waals surface area contributed by atoms with Crippen LogP contribution < -0.4 is 10.0 Å². The second-order valence-electron chi connectivity index (χ2n) is 4.55. The first-order chi connectivity index (χ1) is 10.0. The first-order valence-electron chi connectivity index (χ1n) is 6.68. The number of hydrogen-bond donors (Lipinski definition) is 2. The molecule has 7 heteroatoms. The standard InChI is InChI=1S/C14H18N4O2S/c1-3-8-15-14-12(7-5-10-17-14)21(19,20)18-13-11(2)6-4-9-16-13/h4-7,9-10H,3,8H2,1-2H3,(H,15,17)(H,16,18). The Kier molecular flexibility index (Phi) is 4.74. The van der Waals surface area contributed by atoms with Gasteiger partial charge in [-0.1, -0.05) is 13.0 Å². The fourth-order valence-corrected chi connectivity index (χ4v) is 2.97. The number of rotatable bonds is 6. The lowest BCUT2D eigenvalue weighted by atomic mass is 10.3. The normalized spacial score (nSPS) is 11.1. The van der Waals surface area contributed by atoms with Gasteiger partial charge in [0.1, 0.15) is 16.5 Å². The zero-order chi connectivity index (χ0) is 15.3. The number of sulfonamides is 1. The van der Waals surface area contributed by atoms with Crippen molar-refractivity contribution in [2.24, 2.45) is 0 Å². The minimum atomic E-state index is -3.73. The third kappa shape index (κ3) is 3.69. The molecule has 0 bridgehead atoms. The Labute approximate surface area is 124 Å². The highest BCUT2D eigenvalue weighted by molar-refractivity contribution is 7.92. The van der Waals surface area contributed by atoms with E-state index in [0.717, 1.165) is 12.0 Å². The second kappa shape index (κ2) is 6.53. The number of aryl methyl sites for hydroxylation is 1. The third-order valence-electron chi connectivity index (χ3n) is 2.84. The number of nitrogens with zero attached hydrogens (tertiary/aromatic N) is 2. The second-order valence-corrected chi connectivity index (χ2v) is 6.20. The fourth-order valence-electron chi connectivity index (χ4n) is 1.76. The van der Waals surface area contributed by atoms with Crippen LogP contribution in [0.4, 0.5) is 11.6 Å². The molecule has 0 spiro atoms. The summed E-state index contributed by atoms with van der Waals surface area (Å²) in [5, 5.41) is 3.02. The van der Waals surface area contributed by atoms with Crippen LogP contribution in [0.5, 0.6) is 0 Å². The van der Waals surface area contributed by atoms with Gasteiger partial charge in [0, 0.05) is 18.9 Å². The van der Waals surface area contributed by atoms with Crippen molar-refractivity contribution in [1.29, 1.82) is 0 Å². The largest absolute Gasteiger partial charge is 0.369 e. The molecule has 112 valence electrons. The van der Waals surface area contributed by atoms with E-state index in [-0.39, 0.29) is 4.90 Å². The molecule has 21 heavy (non-hydrogen) atoms. The SMILES string of the molecule is CCCNc1ncccc1S(=O)(=O)Nc1ncccc1C. The average Bonchev–Trinajstić information content (AvgIpc) is 2.47. The predicted molar refractivity (Wildman–Crippen MR) is 82.8 cm³/mol. The molecule has 0 aliphatic carbocycles. The molecule has 0 unspecified atom stereocenters. The lowest BCUT2D eigenvalue weighted by molar-refractivity contribution is 0.601. The molecule has 0 radical (unpaired) electrons. The van der Waals surface area contributed by atoms with Crippen LogP contribution in [-0.2, 0) is 10.0 Å². The van der Waals surface area contributed by atoms with Crippen molar-refractivity contribution in [2.45, 2.75) is 25.2 Å². The Morgan fingerprint density at radius 3 is 2.43 bits per heavy atom. The minimum Gasteiger partial charge on any atom is -0.369 e. The Morgan fingerprint density at radius 2 is 1.76 bits per heavy atom. The van der Waals surface area contributed by atoms with E-state index < -0.39 is 10.0 Å². The molecular weight excluding hydrogens is 288 g/mol. The molecule has 2 aromatic rings. The summed E-state index contributed by atoms with van der Waals surface area (Å²) in [6, 6.07) is 6.67. The zero-order valence-electron chi connectivity index (χ0n) is 12.0. The minimum absolute atomic E-state index is 0.114. The summed E-state index contributed by atoms with van der Waals surface area (Å²) in [6.07, 6.45) is 3.98. The summed E-state index contributed by atoms with van der Waals surface area (Å²) in [6.45, 7) is 4.45. The molecule has 2 rings (SSSR count). The van der Waals surface area contributed by atoms with Crippen molar-refractivity contribution in [3.63, 3.8) is 0 Å². The number of nitrogens with one attached hydrogen (secondary N) is 2. The molecule has 0 atom stereocenters. The molecule has 0 fully saturated rings. The van der Waals surface area contributed by atoms with E-state index in [1.54, 1.807) is 37.5 Å². The first-order valence-corrected chi connectivity index (χ1v) is 8.16. The van der Waals surface area contributed by atoms with Crippen molar-refractivity contribution < 1.29 is 8.42 Å². The van der Waals surface area contributed by atoms with Crippen LogP contribution in [0, 0.1) is 6.92 Å². The van der Waals surface area contributed by atoms with Gasteiger partial charge in [-0.2, -0.15) is 0 Å². The first kappa shape index (κ1) is 15.2. The maximum atomic E-state index is 12.5. The van der Waals surface area contributed by atoms with Crippen molar-refractivity contribution in [2.75, 3.05) is 16.6 Å². The lowest BCUT2D eigenvalue weighted by Gasteiger charge is -2.13. The lowest BCUT2D eigenvalue weighted by Crippen LogP contribution is -2.17. The van der Waals surface area contributed by atoms with Crippen LogP contribution in [-0.4, -0.2) is 24.9 Å². The van der Waals surface area contributed by atoms with Gasteiger partial charge in [-0.15, -0.1) is 0 Å². The van der Waals surface area contributed by atoms with Crippen LogP contribution >= 0.6 is 0 Å². The van der Waals surface area contributed by atoms with Crippen LogP contribution in [0.15, 0.2) is 41.6 Å². The van der Waals surface area contributed by atoms with Gasteiger partial charge in [0.25, 0.3) is 10.0 Å². The molecule has 6 nitrogen and oxygen atoms in total. The van der Waals surface area contributed by atoms with Gasteiger partial charge in [-0.25, -0.2) is 18.4 Å². The molecule has 0 saturated carbocycles. The van der Waals surface area contributed by atoms with E-state index >= 15 is 0 Å². The smallest absolute Gasteiger partial charge is 0.266 e. The molecule has 2 aromatic heterocycles. The molecule has 0 amide bonds. The van der Waals surface area contributed by atoms with Gasteiger partial charge in [-0.3, -0.25) is 4.72 Å². The van der Waals surface area contributed by atoms with E-state index in [0.29, 0.717) is 18.2 Å². The Hall–Kier alpha value is -2.15. The molecule has 0 aromatic carbocycles. The van der Waals surface area contributed by atoms with Crippen molar-refractivity contribution in [3.05, 3.63) is 42.2 Å². The van der Waals surface area contributed by atoms with E-state index in [1.165, 1.54) is 6.07 Å². The van der Waals surface area contributed by atoms with Crippen LogP contribution in [0.2, 0.25) is 0 Å². The van der Waals surface area contributed by atoms with Gasteiger partial charge in [-0.05, 0) is 37.1 Å². The molecule has 2 N–H and O–H groups in total. The quantitative estimate of drug-likeness (QED) is 0.856. The van der Waals surface area contributed by atoms with Gasteiger partial charge in [0.05, 0.1) is 0 Å². The van der Waals surface area contributed by atoms with Gasteiger partial charge in [0.15, 0.2) is 0 Å². The number of pyridine rings is 2. The summed E-state index contributed by atoms with van der Waals surface area (Å²) < 4.78 is 27.5. The number of anilines is 2. The van der Waals surface area contributed by atoms with Crippen LogP contribution in [0.1, 0.15) is 18.9 Å². The third-order valence-corrected chi connectivity index (χ3v) is 4.21. The molecular formula is C14H18N4O2S. The number of hydrogen-bond acceptors (Lipinski definition) is 5. The van der Waals surface area contributed by atoms with Gasteiger partial charge < -0.3 is 5.32 Å². The van der Waals surface area contributed by atoms with Crippen LogP contribution in [0.3, 0.4) is 0 Å². The molecule has 0 aliphatic rings. The highest BCUT2D eigenvalue weighted by atomic mass is 32.2. The summed E-state index contributed by atoms with van der Waals surface area (Å²) >= 11 is 0. The van der Waals surface area contributed by atoms with Crippen molar-refractivity contribution in [1.82, 2.24) is 9.97 Å². The fraction of sp³-hybridized carbons (Fsp3) is 0.286. The Balaban J connectivity index is 2.34. The monoisotopic (exact) mass is 306 g/mol. The van der Waals surface area contributed by atoms with Crippen LogP contribution in [0.25, 0.3) is 0 Å². The highest BCUT2D eigenvalue weighted by Gasteiger charge is 2.20. The predicted octanol–water partition coefficient (Wildman–Crippen LogP) is 2.41. The summed E-state index contributed by atoms with van der Waals surface area (Å²) in [7, 11) is -3.73. The van der Waals surface area contributed by atoms with E-state index in [9.17, 15) is 8.42 Å². The highest BCUT2D eigenvalue weighted by Crippen LogP contribution is 2.22. The van der Waals surface area contributed by atoms with E-state index in [2.05, 4.69) is 20.0 Å². The van der Waals surface area contributed by atoms with Crippen molar-refractivity contribution >= 4 is 21.7 Å².